The van der Waals surface area contributed by atoms with E-state index in [4.69, 9.17) is 5.73 Å². The molecule has 0 atom stereocenters. The molecular weight excluding hydrogens is 246 g/mol. The third kappa shape index (κ3) is 3.63. The molecule has 1 amide bonds. The van der Waals surface area contributed by atoms with Crippen LogP contribution in [0.15, 0.2) is 6.07 Å². The third-order valence-corrected chi connectivity index (χ3v) is 4.07. The highest BCUT2D eigenvalue weighted by Gasteiger charge is 2.25. The predicted octanol–water partition coefficient (Wildman–Crippen LogP) is 2.82. The standard InChI is InChI=1S/C13H21N3OS/c1-2-3-4-7-15-11-8-10(14)12(18-11)13(17)16-9-5-6-9/h8-9,15H,2-7,14H2,1H3,(H,16,17). The number of carbonyl (C=O) groups excluding carboxylic acids is 1. The van der Waals surface area contributed by atoms with Gasteiger partial charge in [-0.3, -0.25) is 4.79 Å². The second-order valence-corrected chi connectivity index (χ2v) is 5.83. The van der Waals surface area contributed by atoms with Gasteiger partial charge >= 0.3 is 0 Å². The van der Waals surface area contributed by atoms with Gasteiger partial charge in [0.2, 0.25) is 0 Å². The van der Waals surface area contributed by atoms with Crippen LogP contribution in [0, 0.1) is 0 Å². The van der Waals surface area contributed by atoms with Gasteiger partial charge in [-0.05, 0) is 25.3 Å². The maximum absolute atomic E-state index is 11.9. The second-order valence-electron chi connectivity index (χ2n) is 4.78. The van der Waals surface area contributed by atoms with Crippen molar-refractivity contribution in [2.24, 2.45) is 0 Å². The van der Waals surface area contributed by atoms with Gasteiger partial charge in [-0.15, -0.1) is 11.3 Å². The largest absolute Gasteiger partial charge is 0.397 e. The Morgan fingerprint density at radius 3 is 2.94 bits per heavy atom. The molecule has 5 heteroatoms. The van der Waals surface area contributed by atoms with Crippen molar-refractivity contribution in [3.05, 3.63) is 10.9 Å². The van der Waals surface area contributed by atoms with Gasteiger partial charge in [0.1, 0.15) is 4.88 Å². The molecule has 1 heterocycles. The van der Waals surface area contributed by atoms with Gasteiger partial charge in [0, 0.05) is 12.6 Å². The van der Waals surface area contributed by atoms with Crippen LogP contribution in [0.5, 0.6) is 0 Å². The lowest BCUT2D eigenvalue weighted by atomic mass is 10.2. The Balaban J connectivity index is 1.87. The molecule has 1 aromatic rings. The number of nitrogen functional groups attached to an aromatic ring is 1. The average Bonchev–Trinajstić information content (AvgIpc) is 3.07. The van der Waals surface area contributed by atoms with Crippen molar-refractivity contribution >= 4 is 27.9 Å². The third-order valence-electron chi connectivity index (χ3n) is 2.96. The minimum Gasteiger partial charge on any atom is -0.397 e. The van der Waals surface area contributed by atoms with Gasteiger partial charge in [0.15, 0.2) is 0 Å². The summed E-state index contributed by atoms with van der Waals surface area (Å²) < 4.78 is 0. The number of rotatable bonds is 7. The predicted molar refractivity (Wildman–Crippen MR) is 77.2 cm³/mol. The molecule has 1 aromatic heterocycles. The van der Waals surface area contributed by atoms with Crippen molar-refractivity contribution in [3.8, 4) is 0 Å². The number of nitrogens with two attached hydrogens (primary N) is 1. The first-order valence-corrected chi connectivity index (χ1v) is 7.46. The van der Waals surface area contributed by atoms with Gasteiger partial charge in [0.25, 0.3) is 5.91 Å². The fraction of sp³-hybridized carbons (Fsp3) is 0.615. The van der Waals surface area contributed by atoms with E-state index in [9.17, 15) is 4.79 Å². The summed E-state index contributed by atoms with van der Waals surface area (Å²) >= 11 is 1.45. The van der Waals surface area contributed by atoms with Crippen LogP contribution in [-0.2, 0) is 0 Å². The normalized spacial score (nSPS) is 14.5. The Kier molecular flexibility index (Phi) is 4.47. The molecule has 1 saturated carbocycles. The minimum atomic E-state index is -0.0263. The molecule has 1 aliphatic carbocycles. The smallest absolute Gasteiger partial charge is 0.263 e. The summed E-state index contributed by atoms with van der Waals surface area (Å²) in [5.74, 6) is -0.0263. The van der Waals surface area contributed by atoms with Gasteiger partial charge in [-0.25, -0.2) is 0 Å². The first kappa shape index (κ1) is 13.2. The molecule has 4 nitrogen and oxygen atoms in total. The summed E-state index contributed by atoms with van der Waals surface area (Å²) in [6, 6.07) is 2.23. The van der Waals surface area contributed by atoms with Gasteiger partial charge in [-0.2, -0.15) is 0 Å². The Morgan fingerprint density at radius 2 is 2.28 bits per heavy atom. The van der Waals surface area contributed by atoms with E-state index in [2.05, 4.69) is 17.6 Å². The number of carbonyl (C=O) groups is 1. The van der Waals surface area contributed by atoms with Crippen molar-refractivity contribution in [1.29, 1.82) is 0 Å². The summed E-state index contributed by atoms with van der Waals surface area (Å²) in [6.45, 7) is 3.13. The number of amides is 1. The molecule has 0 unspecified atom stereocenters. The van der Waals surface area contributed by atoms with E-state index >= 15 is 0 Å². The molecule has 1 fully saturated rings. The number of unbranched alkanes of at least 4 members (excludes halogenated alkanes) is 2. The molecule has 1 aliphatic rings. The molecule has 0 spiro atoms. The Labute approximate surface area is 112 Å². The zero-order valence-electron chi connectivity index (χ0n) is 10.8. The lowest BCUT2D eigenvalue weighted by Crippen LogP contribution is -2.25. The first-order chi connectivity index (χ1) is 8.70. The van der Waals surface area contributed by atoms with Crippen molar-refractivity contribution in [3.63, 3.8) is 0 Å². The van der Waals surface area contributed by atoms with Crippen LogP contribution in [0.2, 0.25) is 0 Å². The van der Waals surface area contributed by atoms with Crippen molar-refractivity contribution < 1.29 is 4.79 Å². The Morgan fingerprint density at radius 1 is 1.50 bits per heavy atom. The lowest BCUT2D eigenvalue weighted by Gasteiger charge is -2.02. The van der Waals surface area contributed by atoms with E-state index in [1.807, 2.05) is 6.07 Å². The fourth-order valence-corrected chi connectivity index (χ4v) is 2.64. The van der Waals surface area contributed by atoms with E-state index in [0.717, 1.165) is 30.8 Å². The fourth-order valence-electron chi connectivity index (χ4n) is 1.73. The second kappa shape index (κ2) is 6.09. The Hall–Kier alpha value is -1.23. The number of anilines is 2. The highest BCUT2D eigenvalue weighted by Crippen LogP contribution is 2.30. The van der Waals surface area contributed by atoms with E-state index < -0.39 is 0 Å². The summed E-state index contributed by atoms with van der Waals surface area (Å²) in [4.78, 5) is 12.5. The van der Waals surface area contributed by atoms with Crippen LogP contribution in [0.1, 0.15) is 48.7 Å². The molecule has 18 heavy (non-hydrogen) atoms. The van der Waals surface area contributed by atoms with Crippen LogP contribution in [0.25, 0.3) is 0 Å². The topological polar surface area (TPSA) is 67.1 Å². The highest BCUT2D eigenvalue weighted by molar-refractivity contribution is 7.18. The molecule has 0 bridgehead atoms. The van der Waals surface area contributed by atoms with Crippen LogP contribution >= 0.6 is 11.3 Å². The van der Waals surface area contributed by atoms with Crippen LogP contribution in [0.3, 0.4) is 0 Å². The summed E-state index contributed by atoms with van der Waals surface area (Å²) in [5, 5.41) is 7.28. The van der Waals surface area contributed by atoms with Gasteiger partial charge in [-0.1, -0.05) is 19.8 Å². The van der Waals surface area contributed by atoms with Crippen molar-refractivity contribution in [1.82, 2.24) is 5.32 Å². The highest BCUT2D eigenvalue weighted by atomic mass is 32.1. The zero-order chi connectivity index (χ0) is 13.0. The number of hydrogen-bond donors (Lipinski definition) is 3. The molecule has 0 aromatic carbocycles. The quantitative estimate of drug-likeness (QED) is 0.665. The lowest BCUT2D eigenvalue weighted by molar-refractivity contribution is 0.0956. The van der Waals surface area contributed by atoms with E-state index in [1.54, 1.807) is 0 Å². The molecular formula is C13H21N3OS. The maximum atomic E-state index is 11.9. The molecule has 4 N–H and O–H groups in total. The first-order valence-electron chi connectivity index (χ1n) is 6.64. The van der Waals surface area contributed by atoms with Gasteiger partial charge in [0.05, 0.1) is 10.7 Å². The summed E-state index contributed by atoms with van der Waals surface area (Å²) in [7, 11) is 0. The molecule has 0 saturated heterocycles. The monoisotopic (exact) mass is 267 g/mol. The van der Waals surface area contributed by atoms with Crippen LogP contribution in [-0.4, -0.2) is 18.5 Å². The molecule has 2 rings (SSSR count). The number of hydrogen-bond acceptors (Lipinski definition) is 4. The van der Waals surface area contributed by atoms with Gasteiger partial charge < -0.3 is 16.4 Å². The molecule has 0 aliphatic heterocycles. The molecule has 100 valence electrons. The Bertz CT molecular complexity index is 412. The van der Waals surface area contributed by atoms with E-state index in [-0.39, 0.29) is 5.91 Å². The van der Waals surface area contributed by atoms with Crippen molar-refractivity contribution in [2.45, 2.75) is 45.1 Å². The number of nitrogens with one attached hydrogen (secondary N) is 2. The van der Waals surface area contributed by atoms with Crippen LogP contribution < -0.4 is 16.4 Å². The average molecular weight is 267 g/mol. The molecule has 0 radical (unpaired) electrons. The van der Waals surface area contributed by atoms with E-state index in [0.29, 0.717) is 16.6 Å². The minimum absolute atomic E-state index is 0.0263. The summed E-state index contributed by atoms with van der Waals surface area (Å²) in [6.07, 6.45) is 5.78. The van der Waals surface area contributed by atoms with Crippen LogP contribution in [0.4, 0.5) is 10.7 Å². The maximum Gasteiger partial charge on any atom is 0.263 e. The number of thiophene rings is 1. The van der Waals surface area contributed by atoms with Crippen molar-refractivity contribution in [2.75, 3.05) is 17.6 Å². The SMILES string of the molecule is CCCCCNc1cc(N)c(C(=O)NC2CC2)s1. The van der Waals surface area contributed by atoms with E-state index in [1.165, 1.54) is 24.2 Å². The summed E-state index contributed by atoms with van der Waals surface area (Å²) in [5.41, 5.74) is 6.46. The zero-order valence-corrected chi connectivity index (χ0v) is 11.6.